The molecule has 0 bridgehead atoms. The highest BCUT2D eigenvalue weighted by molar-refractivity contribution is 6.35. The molecule has 0 fully saturated rings. The van der Waals surface area contributed by atoms with Crippen LogP contribution in [0.1, 0.15) is 10.4 Å². The van der Waals surface area contributed by atoms with Crippen LogP contribution in [-0.4, -0.2) is 20.5 Å². The molecular weight excluding hydrogens is 299 g/mol. The summed E-state index contributed by atoms with van der Waals surface area (Å²) >= 11 is 12.2. The van der Waals surface area contributed by atoms with Gasteiger partial charge >= 0.3 is 0 Å². The summed E-state index contributed by atoms with van der Waals surface area (Å²) < 4.78 is 10.4. The van der Waals surface area contributed by atoms with Crippen molar-refractivity contribution < 1.29 is 14.3 Å². The molecule has 0 saturated heterocycles. The summed E-state index contributed by atoms with van der Waals surface area (Å²) in [5, 5.41) is 1.04. The lowest BCUT2D eigenvalue weighted by atomic mass is 9.99. The minimum Gasteiger partial charge on any atom is -0.493 e. The molecule has 104 valence electrons. The van der Waals surface area contributed by atoms with E-state index in [-0.39, 0.29) is 0 Å². The molecule has 0 unspecified atom stereocenters. The van der Waals surface area contributed by atoms with Crippen molar-refractivity contribution in [2.45, 2.75) is 0 Å². The second kappa shape index (κ2) is 6.16. The average Bonchev–Trinajstić information content (AvgIpc) is 2.48. The maximum atomic E-state index is 11.3. The summed E-state index contributed by atoms with van der Waals surface area (Å²) in [5.41, 5.74) is 1.76. The van der Waals surface area contributed by atoms with Gasteiger partial charge in [-0.25, -0.2) is 0 Å². The van der Waals surface area contributed by atoms with Gasteiger partial charge in [0.1, 0.15) is 0 Å². The van der Waals surface area contributed by atoms with E-state index in [0.717, 1.165) is 6.29 Å². The maximum absolute atomic E-state index is 11.3. The Balaban J connectivity index is 2.72. The van der Waals surface area contributed by atoms with E-state index in [1.54, 1.807) is 30.3 Å². The van der Waals surface area contributed by atoms with Gasteiger partial charge in [0.2, 0.25) is 0 Å². The van der Waals surface area contributed by atoms with Gasteiger partial charge in [-0.15, -0.1) is 0 Å². The molecule has 20 heavy (non-hydrogen) atoms. The number of carbonyl (C=O) groups is 1. The summed E-state index contributed by atoms with van der Waals surface area (Å²) in [6.07, 6.45) is 0.745. The first-order valence-corrected chi connectivity index (χ1v) is 6.53. The van der Waals surface area contributed by atoms with E-state index < -0.39 is 0 Å². The van der Waals surface area contributed by atoms with Gasteiger partial charge in [0.15, 0.2) is 17.8 Å². The Hall–Kier alpha value is -1.71. The van der Waals surface area contributed by atoms with Gasteiger partial charge in [0.05, 0.1) is 14.2 Å². The van der Waals surface area contributed by atoms with E-state index in [9.17, 15) is 4.79 Å². The summed E-state index contributed by atoms with van der Waals surface area (Å²) in [5.74, 6) is 1.00. The maximum Gasteiger partial charge on any atom is 0.161 e. The fourth-order valence-corrected chi connectivity index (χ4v) is 2.32. The molecule has 0 spiro atoms. The highest BCUT2D eigenvalue weighted by Crippen LogP contribution is 2.38. The lowest BCUT2D eigenvalue weighted by molar-refractivity contribution is 0.112. The van der Waals surface area contributed by atoms with Gasteiger partial charge in [-0.3, -0.25) is 4.79 Å². The second-order valence-corrected chi connectivity index (χ2v) is 4.88. The molecule has 2 aromatic carbocycles. The van der Waals surface area contributed by atoms with Crippen LogP contribution in [-0.2, 0) is 0 Å². The van der Waals surface area contributed by atoms with Crippen molar-refractivity contribution in [1.82, 2.24) is 0 Å². The van der Waals surface area contributed by atoms with Crippen molar-refractivity contribution in [3.05, 3.63) is 45.9 Å². The molecule has 2 rings (SSSR count). The van der Waals surface area contributed by atoms with Crippen molar-refractivity contribution in [2.75, 3.05) is 14.2 Å². The zero-order chi connectivity index (χ0) is 14.7. The largest absolute Gasteiger partial charge is 0.493 e. The highest BCUT2D eigenvalue weighted by atomic mass is 35.5. The Kier molecular flexibility index (Phi) is 4.53. The lowest BCUT2D eigenvalue weighted by Gasteiger charge is -2.13. The zero-order valence-electron chi connectivity index (χ0n) is 10.9. The average molecular weight is 311 g/mol. The van der Waals surface area contributed by atoms with E-state index in [4.69, 9.17) is 32.7 Å². The van der Waals surface area contributed by atoms with Crippen molar-refractivity contribution in [3.63, 3.8) is 0 Å². The molecule has 0 amide bonds. The van der Waals surface area contributed by atoms with Crippen molar-refractivity contribution >= 4 is 29.5 Å². The fourth-order valence-electron chi connectivity index (χ4n) is 1.93. The van der Waals surface area contributed by atoms with Gasteiger partial charge in [-0.2, -0.15) is 0 Å². The van der Waals surface area contributed by atoms with Crippen LogP contribution in [0.3, 0.4) is 0 Å². The number of methoxy groups -OCH3 is 2. The molecular formula is C15H12Cl2O3. The number of halogens is 2. The first-order chi connectivity index (χ1) is 9.60. The quantitative estimate of drug-likeness (QED) is 0.780. The topological polar surface area (TPSA) is 35.5 Å². The standard InChI is InChI=1S/C15H12Cl2O3/c1-19-14-5-9(8-18)11(7-15(14)20-2)12-6-10(16)3-4-13(12)17/h3-8H,1-2H3. The van der Waals surface area contributed by atoms with Crippen LogP contribution in [0.25, 0.3) is 11.1 Å². The van der Waals surface area contributed by atoms with Crippen LogP contribution in [0, 0.1) is 0 Å². The van der Waals surface area contributed by atoms with Gasteiger partial charge in [-0.1, -0.05) is 23.2 Å². The SMILES string of the molecule is COc1cc(C=O)c(-c2cc(Cl)ccc2Cl)cc1OC. The zero-order valence-corrected chi connectivity index (χ0v) is 12.5. The molecule has 0 heterocycles. The monoisotopic (exact) mass is 310 g/mol. The molecule has 0 saturated carbocycles. The first-order valence-electron chi connectivity index (χ1n) is 5.77. The molecule has 0 aliphatic rings. The minimum atomic E-state index is 0.451. The van der Waals surface area contributed by atoms with Gasteiger partial charge in [0.25, 0.3) is 0 Å². The van der Waals surface area contributed by atoms with Gasteiger partial charge in [-0.05, 0) is 35.9 Å². The molecule has 0 N–H and O–H groups in total. The van der Waals surface area contributed by atoms with Crippen LogP contribution < -0.4 is 9.47 Å². The number of aldehydes is 1. The molecule has 0 radical (unpaired) electrons. The Bertz CT molecular complexity index is 654. The van der Waals surface area contributed by atoms with E-state index in [1.807, 2.05) is 0 Å². The van der Waals surface area contributed by atoms with Crippen LogP contribution >= 0.6 is 23.2 Å². The Labute approximate surface area is 127 Å². The molecule has 0 aromatic heterocycles. The third-order valence-corrected chi connectivity index (χ3v) is 3.47. The number of rotatable bonds is 4. The van der Waals surface area contributed by atoms with Crippen LogP contribution in [0.2, 0.25) is 10.0 Å². The minimum absolute atomic E-state index is 0.451. The predicted octanol–water partition coefficient (Wildman–Crippen LogP) is 4.49. The summed E-state index contributed by atoms with van der Waals surface area (Å²) in [7, 11) is 3.04. The third kappa shape index (κ3) is 2.74. The lowest BCUT2D eigenvalue weighted by Crippen LogP contribution is -1.95. The second-order valence-electron chi connectivity index (χ2n) is 4.04. The number of hydrogen-bond donors (Lipinski definition) is 0. The molecule has 3 nitrogen and oxygen atoms in total. The Morgan fingerprint density at radius 2 is 1.60 bits per heavy atom. The summed E-state index contributed by atoms with van der Waals surface area (Å²) in [6, 6.07) is 8.40. The van der Waals surface area contributed by atoms with Crippen LogP contribution in [0.5, 0.6) is 11.5 Å². The Morgan fingerprint density at radius 3 is 2.20 bits per heavy atom. The van der Waals surface area contributed by atoms with Gasteiger partial charge in [0, 0.05) is 21.2 Å². The first kappa shape index (κ1) is 14.7. The molecule has 0 aliphatic heterocycles. The molecule has 5 heteroatoms. The molecule has 0 atom stereocenters. The van der Waals surface area contributed by atoms with Crippen LogP contribution in [0.4, 0.5) is 0 Å². The van der Waals surface area contributed by atoms with E-state index in [0.29, 0.717) is 38.2 Å². The van der Waals surface area contributed by atoms with Crippen LogP contribution in [0.15, 0.2) is 30.3 Å². The van der Waals surface area contributed by atoms with E-state index in [1.165, 1.54) is 14.2 Å². The number of hydrogen-bond acceptors (Lipinski definition) is 3. The smallest absolute Gasteiger partial charge is 0.161 e. The molecule has 2 aromatic rings. The van der Waals surface area contributed by atoms with Crippen molar-refractivity contribution in [2.24, 2.45) is 0 Å². The highest BCUT2D eigenvalue weighted by Gasteiger charge is 2.14. The fraction of sp³-hybridized carbons (Fsp3) is 0.133. The number of carbonyl (C=O) groups excluding carboxylic acids is 1. The van der Waals surface area contributed by atoms with Gasteiger partial charge < -0.3 is 9.47 Å². The van der Waals surface area contributed by atoms with Crippen molar-refractivity contribution in [1.29, 1.82) is 0 Å². The summed E-state index contributed by atoms with van der Waals surface area (Å²) in [6.45, 7) is 0. The molecule has 0 aliphatic carbocycles. The number of ether oxygens (including phenoxy) is 2. The number of benzene rings is 2. The van der Waals surface area contributed by atoms with E-state index >= 15 is 0 Å². The van der Waals surface area contributed by atoms with Crippen molar-refractivity contribution in [3.8, 4) is 22.6 Å². The summed E-state index contributed by atoms with van der Waals surface area (Å²) in [4.78, 5) is 11.3. The predicted molar refractivity (Wildman–Crippen MR) is 80.4 cm³/mol. The Morgan fingerprint density at radius 1 is 0.950 bits per heavy atom. The van der Waals surface area contributed by atoms with E-state index in [2.05, 4.69) is 0 Å². The normalized spacial score (nSPS) is 10.2. The third-order valence-electron chi connectivity index (χ3n) is 2.90.